The summed E-state index contributed by atoms with van der Waals surface area (Å²) in [5.74, 6) is 0.322. The van der Waals surface area contributed by atoms with Crippen LogP contribution in [0.5, 0.6) is 0 Å². The van der Waals surface area contributed by atoms with Crippen molar-refractivity contribution in [2.75, 3.05) is 19.7 Å². The van der Waals surface area contributed by atoms with Crippen LogP contribution in [0.1, 0.15) is 18.5 Å². The zero-order valence-corrected chi connectivity index (χ0v) is 10.6. The van der Waals surface area contributed by atoms with Crippen molar-refractivity contribution in [2.45, 2.75) is 18.9 Å². The van der Waals surface area contributed by atoms with Crippen molar-refractivity contribution < 1.29 is 4.74 Å². The highest BCUT2D eigenvalue weighted by atomic mass is 16.5. The maximum Gasteiger partial charge on any atom is 0.0780 e. The fraction of sp³-hybridized carbons (Fsp3) is 0.400. The molecular weight excluding hydrogens is 224 g/mol. The van der Waals surface area contributed by atoms with Crippen molar-refractivity contribution >= 4 is 10.9 Å². The summed E-state index contributed by atoms with van der Waals surface area (Å²) < 4.78 is 5.80. The molecule has 1 aliphatic rings. The number of hydrogen-bond donors (Lipinski definition) is 1. The van der Waals surface area contributed by atoms with E-state index in [2.05, 4.69) is 36.5 Å². The Morgan fingerprint density at radius 1 is 1.28 bits per heavy atom. The van der Waals surface area contributed by atoms with E-state index in [1.54, 1.807) is 0 Å². The molecule has 0 aliphatic carbocycles. The van der Waals surface area contributed by atoms with Crippen LogP contribution in [0.25, 0.3) is 10.9 Å². The van der Waals surface area contributed by atoms with Crippen LogP contribution in [0.3, 0.4) is 0 Å². The van der Waals surface area contributed by atoms with Gasteiger partial charge in [-0.1, -0.05) is 31.2 Å². The van der Waals surface area contributed by atoms with Crippen molar-refractivity contribution in [3.05, 3.63) is 42.1 Å². The first kappa shape index (κ1) is 11.6. The average Bonchev–Trinajstić information content (AvgIpc) is 2.47. The lowest BCUT2D eigenvalue weighted by Gasteiger charge is -2.28. The Labute approximate surface area is 107 Å². The third kappa shape index (κ3) is 2.24. The van der Waals surface area contributed by atoms with Crippen LogP contribution in [0.15, 0.2) is 36.4 Å². The van der Waals surface area contributed by atoms with Gasteiger partial charge in [0.05, 0.1) is 18.2 Å². The van der Waals surface area contributed by atoms with Gasteiger partial charge in [-0.2, -0.15) is 0 Å². The van der Waals surface area contributed by atoms with Gasteiger partial charge in [0.2, 0.25) is 0 Å². The molecule has 94 valence electrons. The lowest BCUT2D eigenvalue weighted by atomic mass is 9.98. The van der Waals surface area contributed by atoms with Crippen LogP contribution >= 0.6 is 0 Å². The zero-order chi connectivity index (χ0) is 12.4. The Bertz CT molecular complexity index is 535. The highest BCUT2D eigenvalue weighted by Gasteiger charge is 2.22. The predicted molar refractivity (Wildman–Crippen MR) is 72.8 cm³/mol. The van der Waals surface area contributed by atoms with E-state index in [4.69, 9.17) is 9.72 Å². The first-order valence-electron chi connectivity index (χ1n) is 6.52. The number of fused-ring (bicyclic) bond motifs is 1. The van der Waals surface area contributed by atoms with Crippen LogP contribution in [0.2, 0.25) is 0 Å². The molecule has 0 saturated carbocycles. The fourth-order valence-electron chi connectivity index (χ4n) is 2.43. The van der Waals surface area contributed by atoms with Gasteiger partial charge in [0.1, 0.15) is 0 Å². The van der Waals surface area contributed by atoms with Gasteiger partial charge in [-0.3, -0.25) is 4.98 Å². The highest BCUT2D eigenvalue weighted by molar-refractivity contribution is 5.78. The molecule has 3 heteroatoms. The summed E-state index contributed by atoms with van der Waals surface area (Å²) in [6.07, 6.45) is 0.229. The Morgan fingerprint density at radius 2 is 2.17 bits per heavy atom. The molecule has 0 radical (unpaired) electrons. The molecule has 1 aliphatic heterocycles. The number of aromatic nitrogens is 1. The number of hydrogen-bond acceptors (Lipinski definition) is 3. The molecule has 1 fully saturated rings. The smallest absolute Gasteiger partial charge is 0.0780 e. The van der Waals surface area contributed by atoms with Gasteiger partial charge in [0, 0.05) is 30.1 Å². The van der Waals surface area contributed by atoms with Gasteiger partial charge < -0.3 is 10.1 Å². The molecule has 2 atom stereocenters. The number of para-hydroxylation sites is 1. The van der Waals surface area contributed by atoms with Gasteiger partial charge in [-0.15, -0.1) is 0 Å². The van der Waals surface area contributed by atoms with E-state index in [1.807, 2.05) is 12.1 Å². The minimum Gasteiger partial charge on any atom is -0.375 e. The van der Waals surface area contributed by atoms with Crippen LogP contribution in [0, 0.1) is 0 Å². The van der Waals surface area contributed by atoms with Gasteiger partial charge in [-0.25, -0.2) is 0 Å². The maximum absolute atomic E-state index is 5.80. The van der Waals surface area contributed by atoms with E-state index in [0.717, 1.165) is 30.9 Å². The SMILES string of the molecule is CC(c1ccc2ccccc2n1)C1CNCCO1. The molecule has 1 N–H and O–H groups in total. The lowest BCUT2D eigenvalue weighted by Crippen LogP contribution is -2.41. The monoisotopic (exact) mass is 242 g/mol. The normalized spacial score (nSPS) is 21.9. The van der Waals surface area contributed by atoms with E-state index in [0.29, 0.717) is 5.92 Å². The Morgan fingerprint density at radius 3 is 3.00 bits per heavy atom. The molecule has 2 aromatic rings. The van der Waals surface area contributed by atoms with Crippen molar-refractivity contribution in [1.29, 1.82) is 0 Å². The highest BCUT2D eigenvalue weighted by Crippen LogP contribution is 2.23. The molecule has 3 rings (SSSR count). The molecule has 1 aromatic heterocycles. The standard InChI is InChI=1S/C15H18N2O/c1-11(15-10-16-8-9-18-15)13-7-6-12-4-2-3-5-14(12)17-13/h2-7,11,15-16H,8-10H2,1H3. The van der Waals surface area contributed by atoms with E-state index in [9.17, 15) is 0 Å². The number of pyridine rings is 1. The van der Waals surface area contributed by atoms with E-state index in [-0.39, 0.29) is 6.10 Å². The summed E-state index contributed by atoms with van der Waals surface area (Å²) in [5.41, 5.74) is 2.17. The van der Waals surface area contributed by atoms with Gasteiger partial charge >= 0.3 is 0 Å². The molecule has 0 bridgehead atoms. The molecule has 1 aromatic carbocycles. The van der Waals surface area contributed by atoms with Crippen molar-refractivity contribution in [3.63, 3.8) is 0 Å². The minimum absolute atomic E-state index is 0.229. The maximum atomic E-state index is 5.80. The van der Waals surface area contributed by atoms with Crippen molar-refractivity contribution in [3.8, 4) is 0 Å². The lowest BCUT2D eigenvalue weighted by molar-refractivity contribution is 0.0139. The number of ether oxygens (including phenoxy) is 1. The van der Waals surface area contributed by atoms with Crippen molar-refractivity contribution in [1.82, 2.24) is 10.3 Å². The summed E-state index contributed by atoms with van der Waals surface area (Å²) in [6, 6.07) is 12.5. The van der Waals surface area contributed by atoms with E-state index >= 15 is 0 Å². The van der Waals surface area contributed by atoms with Crippen LogP contribution in [0.4, 0.5) is 0 Å². The number of nitrogens with zero attached hydrogens (tertiary/aromatic N) is 1. The second-order valence-corrected chi connectivity index (χ2v) is 4.83. The number of rotatable bonds is 2. The number of nitrogens with one attached hydrogen (secondary N) is 1. The molecule has 0 spiro atoms. The van der Waals surface area contributed by atoms with E-state index in [1.165, 1.54) is 5.39 Å². The van der Waals surface area contributed by atoms with Gasteiger partial charge in [-0.05, 0) is 12.1 Å². The first-order valence-corrected chi connectivity index (χ1v) is 6.52. The molecule has 3 nitrogen and oxygen atoms in total. The predicted octanol–water partition coefficient (Wildman–Crippen LogP) is 2.33. The number of benzene rings is 1. The third-order valence-corrected chi connectivity index (χ3v) is 3.60. The largest absolute Gasteiger partial charge is 0.375 e. The Hall–Kier alpha value is -1.45. The summed E-state index contributed by atoms with van der Waals surface area (Å²) in [7, 11) is 0. The fourth-order valence-corrected chi connectivity index (χ4v) is 2.43. The minimum atomic E-state index is 0.229. The van der Waals surface area contributed by atoms with Crippen molar-refractivity contribution in [2.24, 2.45) is 0 Å². The van der Waals surface area contributed by atoms with Crippen LogP contribution < -0.4 is 5.32 Å². The quantitative estimate of drug-likeness (QED) is 0.877. The Balaban J connectivity index is 1.88. The molecule has 2 unspecified atom stereocenters. The second-order valence-electron chi connectivity index (χ2n) is 4.83. The molecule has 18 heavy (non-hydrogen) atoms. The topological polar surface area (TPSA) is 34.2 Å². The summed E-state index contributed by atoms with van der Waals surface area (Å²) in [4.78, 5) is 4.74. The van der Waals surface area contributed by atoms with Gasteiger partial charge in [0.25, 0.3) is 0 Å². The molecule has 0 amide bonds. The molecule has 2 heterocycles. The summed E-state index contributed by atoms with van der Waals surface area (Å²) in [6.45, 7) is 4.85. The second kappa shape index (κ2) is 5.04. The van der Waals surface area contributed by atoms with Crippen LogP contribution in [-0.4, -0.2) is 30.8 Å². The van der Waals surface area contributed by atoms with E-state index < -0.39 is 0 Å². The summed E-state index contributed by atoms with van der Waals surface area (Å²) >= 11 is 0. The average molecular weight is 242 g/mol. The summed E-state index contributed by atoms with van der Waals surface area (Å²) in [5, 5.41) is 4.56. The van der Waals surface area contributed by atoms with Crippen LogP contribution in [-0.2, 0) is 4.74 Å². The first-order chi connectivity index (χ1) is 8.84. The van der Waals surface area contributed by atoms with Gasteiger partial charge in [0.15, 0.2) is 0 Å². The number of morpholine rings is 1. The molecule has 1 saturated heterocycles. The Kier molecular flexibility index (Phi) is 3.26. The third-order valence-electron chi connectivity index (χ3n) is 3.60. The molecular formula is C15H18N2O. The zero-order valence-electron chi connectivity index (χ0n) is 10.6.